The van der Waals surface area contributed by atoms with Crippen LogP contribution in [0.3, 0.4) is 0 Å². The van der Waals surface area contributed by atoms with E-state index in [4.69, 9.17) is 0 Å². The fourth-order valence-corrected chi connectivity index (χ4v) is 40.5. The van der Waals surface area contributed by atoms with Crippen LogP contribution >= 0.6 is 0 Å². The molecule has 0 bridgehead atoms. The Morgan fingerprint density at radius 2 is 0.571 bits per heavy atom. The molecular weight excluding hydrogens is 647 g/mol. The van der Waals surface area contributed by atoms with Crippen LogP contribution in [0.2, 0.25) is 0 Å². The van der Waals surface area contributed by atoms with Crippen molar-refractivity contribution in [3.05, 3.63) is 180 Å². The predicted molar refractivity (Wildman–Crippen MR) is 170 cm³/mol. The minimum absolute atomic E-state index is 0. The summed E-state index contributed by atoms with van der Waals surface area (Å²) in [6.45, 7) is 0. The molecule has 205 valence electrons. The number of fused-ring (bicyclic) bond motifs is 6. The van der Waals surface area contributed by atoms with Gasteiger partial charge in [0.15, 0.2) is 0 Å². The number of halogens is 2. The molecule has 0 spiro atoms. The summed E-state index contributed by atoms with van der Waals surface area (Å²) in [5.74, 6) is 0. The van der Waals surface area contributed by atoms with Gasteiger partial charge in [0.25, 0.3) is 0 Å². The summed E-state index contributed by atoms with van der Waals surface area (Å²) in [5.41, 5.74) is 11.8. The first kappa shape index (κ1) is 29.1. The van der Waals surface area contributed by atoms with E-state index in [9.17, 15) is 0 Å². The molecule has 0 aliphatic heterocycles. The summed E-state index contributed by atoms with van der Waals surface area (Å²) >= 11 is -4.49. The quantitative estimate of drug-likeness (QED) is 0.246. The molecule has 2 aliphatic carbocycles. The third kappa shape index (κ3) is 3.76. The molecule has 6 aromatic carbocycles. The van der Waals surface area contributed by atoms with Crippen molar-refractivity contribution in [3.8, 4) is 22.3 Å². The van der Waals surface area contributed by atoms with Crippen molar-refractivity contribution >= 4 is 13.9 Å². The van der Waals surface area contributed by atoms with Crippen LogP contribution in [0.5, 0.6) is 0 Å². The molecule has 0 fully saturated rings. The summed E-state index contributed by atoms with van der Waals surface area (Å²) in [4.78, 5) is 0. The van der Waals surface area contributed by atoms with Crippen LogP contribution < -0.4 is 31.4 Å². The molecule has 0 radical (unpaired) electrons. The molecule has 42 heavy (non-hydrogen) atoms. The fourth-order valence-electron chi connectivity index (χ4n) is 8.68. The van der Waals surface area contributed by atoms with E-state index < -0.39 is 17.9 Å². The van der Waals surface area contributed by atoms with Crippen molar-refractivity contribution in [1.82, 2.24) is 0 Å². The van der Waals surface area contributed by atoms with Crippen molar-refractivity contribution in [2.24, 2.45) is 0 Å². The van der Waals surface area contributed by atoms with E-state index in [1.54, 1.807) is 6.54 Å². The molecule has 0 saturated carbocycles. The van der Waals surface area contributed by atoms with Crippen molar-refractivity contribution in [1.29, 1.82) is 0 Å². The van der Waals surface area contributed by atoms with Gasteiger partial charge < -0.3 is 24.8 Å². The van der Waals surface area contributed by atoms with E-state index in [1.807, 2.05) is 0 Å². The van der Waals surface area contributed by atoms with Crippen LogP contribution in [0.25, 0.3) is 22.3 Å². The van der Waals surface area contributed by atoms with Gasteiger partial charge in [-0.25, -0.2) is 0 Å². The van der Waals surface area contributed by atoms with Crippen LogP contribution in [0, 0.1) is 0 Å². The van der Waals surface area contributed by atoms with E-state index in [0.717, 1.165) is 7.37 Å². The SMILES string of the molecule is [Cl-].[Cl-].[SiH3][Zr+2]([c]1ccccc1)([c]1ccccc1)([CH]1c2ccccc2-c2ccccc21)[CH]1c2ccccc2-c2ccccc21. The molecule has 4 heteroatoms. The normalized spacial score (nSPS) is 13.7. The van der Waals surface area contributed by atoms with E-state index in [-0.39, 0.29) is 24.8 Å². The zero-order chi connectivity index (χ0) is 26.8. The number of rotatable bonds is 4. The second-order valence-corrected chi connectivity index (χ2v) is 39.9. The molecule has 0 unspecified atom stereocenters. The van der Waals surface area contributed by atoms with Crippen molar-refractivity contribution < 1.29 is 42.8 Å². The fraction of sp³-hybridized carbons (Fsp3) is 0.0526. The second-order valence-electron chi connectivity index (χ2n) is 11.9. The van der Waals surface area contributed by atoms with Gasteiger partial charge in [0, 0.05) is 0 Å². The molecule has 2 aliphatic rings. The van der Waals surface area contributed by atoms with Gasteiger partial charge in [0.05, 0.1) is 0 Å². The van der Waals surface area contributed by atoms with Gasteiger partial charge in [-0.1, -0.05) is 0 Å². The average molecular weight is 678 g/mol. The predicted octanol–water partition coefficient (Wildman–Crippen LogP) is 1.16. The van der Waals surface area contributed by atoms with E-state index >= 15 is 0 Å². The van der Waals surface area contributed by atoms with Crippen molar-refractivity contribution in [2.45, 2.75) is 7.25 Å². The zero-order valence-corrected chi connectivity index (χ0v) is 29.4. The number of hydrogen-bond acceptors (Lipinski definition) is 0. The molecular formula is C38H31Cl2SiZr. The summed E-state index contributed by atoms with van der Waals surface area (Å²) in [6, 6.07) is 60.8. The topological polar surface area (TPSA) is 0 Å². The monoisotopic (exact) mass is 675 g/mol. The number of hydrogen-bond donors (Lipinski definition) is 0. The molecule has 0 N–H and O–H groups in total. The molecule has 0 atom stereocenters. The first-order valence-corrected chi connectivity index (χ1v) is 28.0. The Hall–Kier alpha value is -3.00. The van der Waals surface area contributed by atoms with Gasteiger partial charge in [-0.3, -0.25) is 0 Å². The first-order chi connectivity index (χ1) is 19.7. The maximum absolute atomic E-state index is 4.49. The average Bonchev–Trinajstić information content (AvgIpc) is 3.56. The van der Waals surface area contributed by atoms with Gasteiger partial charge in [-0.05, 0) is 0 Å². The maximum atomic E-state index is 2.50. The molecule has 0 nitrogen and oxygen atoms in total. The third-order valence-corrected chi connectivity index (χ3v) is 43.4. The zero-order valence-electron chi connectivity index (χ0n) is 23.4. The van der Waals surface area contributed by atoms with Crippen LogP contribution in [0.4, 0.5) is 0 Å². The summed E-state index contributed by atoms with van der Waals surface area (Å²) in [6.07, 6.45) is 0. The van der Waals surface area contributed by atoms with Gasteiger partial charge in [0.2, 0.25) is 0 Å². The van der Waals surface area contributed by atoms with Crippen LogP contribution in [0.1, 0.15) is 29.5 Å². The molecule has 0 heterocycles. The van der Waals surface area contributed by atoms with Crippen molar-refractivity contribution in [3.63, 3.8) is 0 Å². The van der Waals surface area contributed by atoms with E-state index in [1.165, 1.54) is 44.5 Å². The summed E-state index contributed by atoms with van der Waals surface area (Å²) < 4.78 is 3.92. The standard InChI is InChI=1S/2C13H9.2C6H5.2ClH.H3Si.Zr/c2*1-3-7-12-10(5-1)9-11-6-2-4-8-13(11)12;2*1-2-4-6-5-3-1;;;;/h2*1-9H;2*1-5H;2*1H;1H3;/q;;;;;;;+2/p-2. The Bertz CT molecular complexity index is 1670. The van der Waals surface area contributed by atoms with Gasteiger partial charge in [-0.2, -0.15) is 0 Å². The van der Waals surface area contributed by atoms with E-state index in [2.05, 4.69) is 158 Å². The van der Waals surface area contributed by atoms with Crippen LogP contribution in [0.15, 0.2) is 158 Å². The van der Waals surface area contributed by atoms with E-state index in [0.29, 0.717) is 7.25 Å². The number of benzene rings is 6. The molecule has 0 aromatic heterocycles. The first-order valence-electron chi connectivity index (χ1n) is 14.4. The van der Waals surface area contributed by atoms with Crippen LogP contribution in [-0.2, 0) is 17.9 Å². The Balaban J connectivity index is 0.00000158. The minimum atomic E-state index is -4.49. The Kier molecular flexibility index (Phi) is 7.57. The van der Waals surface area contributed by atoms with Gasteiger partial charge in [0.1, 0.15) is 0 Å². The molecule has 8 rings (SSSR count). The molecule has 0 saturated heterocycles. The third-order valence-electron chi connectivity index (χ3n) is 10.2. The molecule has 6 aromatic rings. The summed E-state index contributed by atoms with van der Waals surface area (Å²) in [5, 5.41) is 0. The van der Waals surface area contributed by atoms with Crippen LogP contribution in [-0.4, -0.2) is 7.37 Å². The summed E-state index contributed by atoms with van der Waals surface area (Å²) in [7, 11) is 1.09. The Labute approximate surface area is 264 Å². The van der Waals surface area contributed by atoms with Crippen molar-refractivity contribution in [2.75, 3.05) is 0 Å². The van der Waals surface area contributed by atoms with Gasteiger partial charge in [-0.15, -0.1) is 0 Å². The Morgan fingerprint density at radius 1 is 0.333 bits per heavy atom. The van der Waals surface area contributed by atoms with Gasteiger partial charge >= 0.3 is 241 Å². The molecule has 0 amide bonds. The second kappa shape index (κ2) is 10.9. The Morgan fingerprint density at radius 3 is 0.857 bits per heavy atom.